The molecule has 5 rings (SSSR count). The number of benzene rings is 3. The quantitative estimate of drug-likeness (QED) is 0.414. The molecule has 0 aliphatic carbocycles. The largest absolute Gasteiger partial charge is 0.494 e. The minimum Gasteiger partial charge on any atom is -0.494 e. The molecular weight excluding hydrogens is 482 g/mol. The number of hydrogen-bond donors (Lipinski definition) is 1. The Kier molecular flexibility index (Phi) is 6.88. The first kappa shape index (κ1) is 24.5. The smallest absolute Gasteiger partial charge is 0.271 e. The Bertz CT molecular complexity index is 1650. The number of aryl methyl sites for hydroxylation is 1. The van der Waals surface area contributed by atoms with E-state index in [1.54, 1.807) is 4.57 Å². The second-order valence-electron chi connectivity index (χ2n) is 8.81. The molecule has 1 aromatic heterocycles. The van der Waals surface area contributed by atoms with E-state index in [9.17, 15) is 9.59 Å². The molecule has 0 unspecified atom stereocenters. The summed E-state index contributed by atoms with van der Waals surface area (Å²) in [6.45, 7) is 6.33. The summed E-state index contributed by atoms with van der Waals surface area (Å²) in [6.07, 6.45) is 1.88. The molecule has 37 heavy (non-hydrogen) atoms. The maximum absolute atomic E-state index is 13.8. The fourth-order valence-electron chi connectivity index (χ4n) is 4.37. The third-order valence-electron chi connectivity index (χ3n) is 6.18. The second kappa shape index (κ2) is 10.4. The van der Waals surface area contributed by atoms with Crippen LogP contribution in [0.2, 0.25) is 0 Å². The van der Waals surface area contributed by atoms with E-state index in [0.29, 0.717) is 32.9 Å². The highest BCUT2D eigenvalue weighted by molar-refractivity contribution is 7.07. The van der Waals surface area contributed by atoms with Gasteiger partial charge in [0.15, 0.2) is 4.80 Å². The molecular formula is C30H27N3O3S. The molecule has 0 bridgehead atoms. The number of carbonyl (C=O) groups excluding carboxylic acids is 1. The molecule has 1 amide bonds. The predicted octanol–water partition coefficient (Wildman–Crippen LogP) is 4.58. The zero-order chi connectivity index (χ0) is 25.9. The Balaban J connectivity index is 1.65. The van der Waals surface area contributed by atoms with Crippen LogP contribution in [0, 0.1) is 6.92 Å². The number of allylic oxidation sites excluding steroid dienone is 1. The van der Waals surface area contributed by atoms with E-state index >= 15 is 0 Å². The van der Waals surface area contributed by atoms with Crippen LogP contribution in [0.25, 0.3) is 6.08 Å². The molecule has 2 heterocycles. The molecule has 1 aliphatic heterocycles. The summed E-state index contributed by atoms with van der Waals surface area (Å²) in [4.78, 5) is 32.7. The Morgan fingerprint density at radius 3 is 2.41 bits per heavy atom. The number of nitrogens with zero attached hydrogens (tertiary/aromatic N) is 2. The van der Waals surface area contributed by atoms with E-state index in [1.165, 1.54) is 11.3 Å². The summed E-state index contributed by atoms with van der Waals surface area (Å²) < 4.78 is 7.81. The van der Waals surface area contributed by atoms with Crippen LogP contribution in [-0.4, -0.2) is 17.1 Å². The number of hydrogen-bond acceptors (Lipinski definition) is 5. The third-order valence-corrected chi connectivity index (χ3v) is 7.16. The number of fused-ring (bicyclic) bond motifs is 1. The van der Waals surface area contributed by atoms with E-state index in [2.05, 4.69) is 5.32 Å². The Labute approximate surface area is 218 Å². The number of nitrogens with one attached hydrogen (secondary N) is 1. The molecule has 0 saturated heterocycles. The Hall–Kier alpha value is -4.23. The van der Waals surface area contributed by atoms with Crippen molar-refractivity contribution in [1.29, 1.82) is 0 Å². The second-order valence-corrected chi connectivity index (χ2v) is 9.82. The predicted molar refractivity (Wildman–Crippen MR) is 148 cm³/mol. The molecule has 4 aromatic rings. The molecule has 186 valence electrons. The van der Waals surface area contributed by atoms with Crippen molar-refractivity contribution in [2.24, 2.45) is 4.99 Å². The van der Waals surface area contributed by atoms with Gasteiger partial charge in [0, 0.05) is 5.69 Å². The zero-order valence-corrected chi connectivity index (χ0v) is 21.7. The van der Waals surface area contributed by atoms with Gasteiger partial charge in [-0.15, -0.1) is 0 Å². The van der Waals surface area contributed by atoms with Crippen LogP contribution in [-0.2, 0) is 4.79 Å². The molecule has 6 nitrogen and oxygen atoms in total. The maximum atomic E-state index is 13.8. The number of ether oxygens (including phenoxy) is 1. The number of anilines is 1. The lowest BCUT2D eigenvalue weighted by molar-refractivity contribution is -0.113. The van der Waals surface area contributed by atoms with Gasteiger partial charge in [0.05, 0.1) is 28.5 Å². The van der Waals surface area contributed by atoms with Crippen molar-refractivity contribution in [2.75, 3.05) is 11.9 Å². The summed E-state index contributed by atoms with van der Waals surface area (Å²) in [5.41, 5.74) is 4.40. The lowest BCUT2D eigenvalue weighted by Gasteiger charge is -2.25. The number of rotatable bonds is 6. The highest BCUT2D eigenvalue weighted by atomic mass is 32.1. The van der Waals surface area contributed by atoms with Crippen LogP contribution in [0.5, 0.6) is 5.75 Å². The maximum Gasteiger partial charge on any atom is 0.271 e. The van der Waals surface area contributed by atoms with Crippen molar-refractivity contribution < 1.29 is 9.53 Å². The number of para-hydroxylation sites is 1. The first-order chi connectivity index (χ1) is 17.9. The summed E-state index contributed by atoms with van der Waals surface area (Å²) in [6, 6.07) is 24.2. The van der Waals surface area contributed by atoms with Crippen LogP contribution in [0.3, 0.4) is 0 Å². The highest BCUT2D eigenvalue weighted by Crippen LogP contribution is 2.31. The van der Waals surface area contributed by atoms with Gasteiger partial charge in [-0.1, -0.05) is 71.5 Å². The van der Waals surface area contributed by atoms with Crippen molar-refractivity contribution in [2.45, 2.75) is 26.8 Å². The van der Waals surface area contributed by atoms with Gasteiger partial charge >= 0.3 is 0 Å². The Morgan fingerprint density at radius 1 is 1.03 bits per heavy atom. The standard InChI is InChI=1S/C30H27N3O3S/c1-4-36-24-16-14-22(15-17-24)27-26(28(34)32-23-8-6-5-7-9-23)20(3)31-30-33(27)29(35)25(37-30)18-21-12-10-19(2)11-13-21/h5-18,27H,4H2,1-3H3,(H,32,34)/b25-18-/t27-/m1/s1. The van der Waals surface area contributed by atoms with Gasteiger partial charge in [-0.3, -0.25) is 14.2 Å². The van der Waals surface area contributed by atoms with Gasteiger partial charge in [-0.2, -0.15) is 0 Å². The van der Waals surface area contributed by atoms with Crippen molar-refractivity contribution >= 4 is 29.0 Å². The van der Waals surface area contributed by atoms with Crippen LogP contribution in [0.4, 0.5) is 5.69 Å². The third kappa shape index (κ3) is 5.04. The highest BCUT2D eigenvalue weighted by Gasteiger charge is 2.32. The molecule has 1 N–H and O–H groups in total. The van der Waals surface area contributed by atoms with E-state index in [0.717, 1.165) is 22.4 Å². The summed E-state index contributed by atoms with van der Waals surface area (Å²) in [7, 11) is 0. The van der Waals surface area contributed by atoms with E-state index < -0.39 is 6.04 Å². The van der Waals surface area contributed by atoms with Crippen LogP contribution < -0.4 is 24.9 Å². The van der Waals surface area contributed by atoms with Crippen molar-refractivity contribution in [3.8, 4) is 5.75 Å². The average Bonchev–Trinajstić information content (AvgIpc) is 3.20. The van der Waals surface area contributed by atoms with E-state index in [-0.39, 0.29) is 11.5 Å². The fourth-order valence-corrected chi connectivity index (χ4v) is 5.42. The summed E-state index contributed by atoms with van der Waals surface area (Å²) in [5, 5.41) is 2.97. The molecule has 0 radical (unpaired) electrons. The van der Waals surface area contributed by atoms with Gasteiger partial charge in [-0.05, 0) is 62.2 Å². The topological polar surface area (TPSA) is 72.7 Å². The number of amides is 1. The van der Waals surface area contributed by atoms with Gasteiger partial charge in [0.25, 0.3) is 11.5 Å². The number of aromatic nitrogens is 1. The van der Waals surface area contributed by atoms with Gasteiger partial charge < -0.3 is 10.1 Å². The van der Waals surface area contributed by atoms with Gasteiger partial charge in [-0.25, -0.2) is 4.99 Å². The minimum absolute atomic E-state index is 0.180. The normalized spacial score (nSPS) is 15.2. The van der Waals surface area contributed by atoms with Crippen molar-refractivity contribution in [3.05, 3.63) is 127 Å². The monoisotopic (exact) mass is 509 g/mol. The molecule has 3 aromatic carbocycles. The molecule has 7 heteroatoms. The molecule has 0 fully saturated rings. The van der Waals surface area contributed by atoms with Crippen LogP contribution in [0.15, 0.2) is 99.9 Å². The zero-order valence-electron chi connectivity index (χ0n) is 20.9. The number of carbonyl (C=O) groups is 1. The molecule has 0 saturated carbocycles. The van der Waals surface area contributed by atoms with Crippen LogP contribution >= 0.6 is 11.3 Å². The molecule has 1 aliphatic rings. The average molecular weight is 510 g/mol. The molecule has 1 atom stereocenters. The van der Waals surface area contributed by atoms with Gasteiger partial charge in [0.1, 0.15) is 5.75 Å². The van der Waals surface area contributed by atoms with Crippen molar-refractivity contribution in [1.82, 2.24) is 4.57 Å². The summed E-state index contributed by atoms with van der Waals surface area (Å²) in [5.74, 6) is 0.438. The first-order valence-electron chi connectivity index (χ1n) is 12.1. The summed E-state index contributed by atoms with van der Waals surface area (Å²) >= 11 is 1.33. The minimum atomic E-state index is -0.629. The SMILES string of the molecule is CCOc1ccc([C@@H]2C(C(=O)Nc3ccccc3)=C(C)N=c3s/c(=C\c4ccc(C)cc4)c(=O)n32)cc1. The molecule has 0 spiro atoms. The lowest BCUT2D eigenvalue weighted by Crippen LogP contribution is -2.40. The first-order valence-corrected chi connectivity index (χ1v) is 12.9. The van der Waals surface area contributed by atoms with Crippen molar-refractivity contribution in [3.63, 3.8) is 0 Å². The van der Waals surface area contributed by atoms with Gasteiger partial charge in [0.2, 0.25) is 0 Å². The number of thiazole rings is 1. The fraction of sp³-hybridized carbons (Fsp3) is 0.167. The van der Waals surface area contributed by atoms with E-state index in [4.69, 9.17) is 9.73 Å². The Morgan fingerprint density at radius 2 is 1.73 bits per heavy atom. The van der Waals surface area contributed by atoms with Crippen LogP contribution in [0.1, 0.15) is 36.6 Å². The van der Waals surface area contributed by atoms with E-state index in [1.807, 2.05) is 106 Å². The lowest BCUT2D eigenvalue weighted by atomic mass is 9.95.